The summed E-state index contributed by atoms with van der Waals surface area (Å²) in [5, 5.41) is 0. The van der Waals surface area contributed by atoms with E-state index in [1.807, 2.05) is 4.90 Å². The molecule has 1 fully saturated rings. The zero-order chi connectivity index (χ0) is 13.9. The molecular weight excluding hydrogens is 275 g/mol. The maximum atomic E-state index is 13.2. The van der Waals surface area contributed by atoms with Crippen molar-refractivity contribution in [1.82, 2.24) is 0 Å². The molecule has 0 atom stereocenters. The quantitative estimate of drug-likeness (QED) is 0.706. The highest BCUT2D eigenvalue weighted by molar-refractivity contribution is 6.17. The van der Waals surface area contributed by atoms with Gasteiger partial charge < -0.3 is 4.90 Å². The van der Waals surface area contributed by atoms with Crippen LogP contribution in [0.25, 0.3) is 0 Å². The lowest BCUT2D eigenvalue weighted by Crippen LogP contribution is -2.26. The normalized spacial score (nSPS) is 17.4. The van der Waals surface area contributed by atoms with Crippen molar-refractivity contribution in [2.45, 2.75) is 37.7 Å². The fourth-order valence-corrected chi connectivity index (χ4v) is 2.65. The summed E-state index contributed by atoms with van der Waals surface area (Å²) in [4.78, 5) is 1.85. The Morgan fingerprint density at radius 1 is 1.05 bits per heavy atom. The number of benzene rings is 1. The molecular formula is C14H17ClF3N. The van der Waals surface area contributed by atoms with Gasteiger partial charge >= 0.3 is 6.18 Å². The topological polar surface area (TPSA) is 3.24 Å². The van der Waals surface area contributed by atoms with E-state index in [4.69, 9.17) is 11.6 Å². The second-order valence-corrected chi connectivity index (χ2v) is 5.15. The van der Waals surface area contributed by atoms with Crippen molar-refractivity contribution in [2.75, 3.05) is 18.0 Å². The number of alkyl halides is 4. The van der Waals surface area contributed by atoms with Gasteiger partial charge in [0.1, 0.15) is 0 Å². The Balaban J connectivity index is 2.37. The van der Waals surface area contributed by atoms with Crippen LogP contribution in [0.5, 0.6) is 0 Å². The summed E-state index contributed by atoms with van der Waals surface area (Å²) in [6.07, 6.45) is -0.234. The lowest BCUT2D eigenvalue weighted by molar-refractivity contribution is -0.137. The van der Waals surface area contributed by atoms with E-state index in [2.05, 4.69) is 0 Å². The van der Waals surface area contributed by atoms with E-state index in [1.165, 1.54) is 6.07 Å². The second kappa shape index (κ2) is 6.04. The van der Waals surface area contributed by atoms with Crippen LogP contribution in [0.1, 0.15) is 36.8 Å². The number of rotatable bonds is 2. The molecule has 2 rings (SSSR count). The highest BCUT2D eigenvalue weighted by Gasteiger charge is 2.35. The fraction of sp³-hybridized carbons (Fsp3) is 0.571. The van der Waals surface area contributed by atoms with Crippen LogP contribution in [0.3, 0.4) is 0 Å². The van der Waals surface area contributed by atoms with Crippen molar-refractivity contribution >= 4 is 17.3 Å². The van der Waals surface area contributed by atoms with Gasteiger partial charge in [0.2, 0.25) is 0 Å². The minimum Gasteiger partial charge on any atom is -0.371 e. The van der Waals surface area contributed by atoms with Crippen LogP contribution in [0.2, 0.25) is 0 Å². The second-order valence-electron chi connectivity index (χ2n) is 4.88. The summed E-state index contributed by atoms with van der Waals surface area (Å²) in [6, 6.07) is 4.42. The van der Waals surface area contributed by atoms with Gasteiger partial charge in [0.25, 0.3) is 0 Å². The summed E-state index contributed by atoms with van der Waals surface area (Å²) in [5.41, 5.74) is 0.239. The number of hydrogen-bond acceptors (Lipinski definition) is 1. The lowest BCUT2D eigenvalue weighted by Gasteiger charge is -2.26. The Morgan fingerprint density at radius 3 is 2.21 bits per heavy atom. The van der Waals surface area contributed by atoms with Crippen molar-refractivity contribution < 1.29 is 13.2 Å². The van der Waals surface area contributed by atoms with Crippen LogP contribution >= 0.6 is 11.6 Å². The van der Waals surface area contributed by atoms with Gasteiger partial charge in [-0.15, -0.1) is 11.6 Å². The van der Waals surface area contributed by atoms with E-state index in [0.29, 0.717) is 24.3 Å². The van der Waals surface area contributed by atoms with Crippen LogP contribution in [0.4, 0.5) is 18.9 Å². The monoisotopic (exact) mass is 291 g/mol. The molecule has 0 radical (unpaired) electrons. The van der Waals surface area contributed by atoms with Crippen molar-refractivity contribution in [3.05, 3.63) is 29.3 Å². The third kappa shape index (κ3) is 3.56. The minimum absolute atomic E-state index is 0.101. The first-order valence-electron chi connectivity index (χ1n) is 6.53. The molecule has 1 aromatic rings. The molecule has 1 aliphatic rings. The van der Waals surface area contributed by atoms with Gasteiger partial charge in [-0.05, 0) is 30.5 Å². The number of nitrogens with zero attached hydrogens (tertiary/aromatic N) is 1. The predicted octanol–water partition coefficient (Wildman–Crippen LogP) is 4.82. The van der Waals surface area contributed by atoms with Crippen molar-refractivity contribution in [3.63, 3.8) is 0 Å². The maximum Gasteiger partial charge on any atom is 0.418 e. The van der Waals surface area contributed by atoms with E-state index in [9.17, 15) is 13.2 Å². The van der Waals surface area contributed by atoms with Crippen molar-refractivity contribution in [3.8, 4) is 0 Å². The van der Waals surface area contributed by atoms with Gasteiger partial charge in [0.15, 0.2) is 0 Å². The standard InChI is InChI=1S/C14H17ClF3N/c15-10-11-5-6-13(12(9-11)14(16,17)18)19-7-3-1-2-4-8-19/h5-6,9H,1-4,7-8,10H2. The van der Waals surface area contributed by atoms with Crippen LogP contribution < -0.4 is 4.90 Å². The number of anilines is 1. The fourth-order valence-electron chi connectivity index (χ4n) is 2.48. The van der Waals surface area contributed by atoms with Crippen LogP contribution in [-0.2, 0) is 12.1 Å². The molecule has 0 amide bonds. The number of hydrogen-bond donors (Lipinski definition) is 0. The maximum absolute atomic E-state index is 13.2. The molecule has 1 aliphatic heterocycles. The first-order chi connectivity index (χ1) is 9.02. The molecule has 0 aliphatic carbocycles. The Hall–Kier alpha value is -0.900. The van der Waals surface area contributed by atoms with Crippen molar-refractivity contribution in [2.24, 2.45) is 0 Å². The molecule has 0 saturated carbocycles. The molecule has 0 N–H and O–H groups in total. The summed E-state index contributed by atoms with van der Waals surface area (Å²) >= 11 is 5.63. The largest absolute Gasteiger partial charge is 0.418 e. The summed E-state index contributed by atoms with van der Waals surface area (Å²) in [6.45, 7) is 1.40. The zero-order valence-corrected chi connectivity index (χ0v) is 11.4. The molecule has 0 unspecified atom stereocenters. The smallest absolute Gasteiger partial charge is 0.371 e. The van der Waals surface area contributed by atoms with Gasteiger partial charge in [-0.3, -0.25) is 0 Å². The molecule has 0 bridgehead atoms. The summed E-state index contributed by atoms with van der Waals surface area (Å²) in [5.74, 6) is 0.101. The van der Waals surface area contributed by atoms with E-state index in [0.717, 1.165) is 25.7 Å². The van der Waals surface area contributed by atoms with E-state index in [-0.39, 0.29) is 5.88 Å². The lowest BCUT2D eigenvalue weighted by atomic mass is 10.1. The third-order valence-electron chi connectivity index (χ3n) is 3.47. The molecule has 1 aromatic carbocycles. The van der Waals surface area contributed by atoms with Crippen LogP contribution in [-0.4, -0.2) is 13.1 Å². The predicted molar refractivity (Wildman–Crippen MR) is 71.7 cm³/mol. The van der Waals surface area contributed by atoms with Crippen LogP contribution in [0.15, 0.2) is 18.2 Å². The Morgan fingerprint density at radius 2 is 1.68 bits per heavy atom. The van der Waals surface area contributed by atoms with Gasteiger partial charge in [0, 0.05) is 24.7 Å². The Kier molecular flexibility index (Phi) is 4.61. The van der Waals surface area contributed by atoms with E-state index in [1.54, 1.807) is 12.1 Å². The highest BCUT2D eigenvalue weighted by atomic mass is 35.5. The van der Waals surface area contributed by atoms with E-state index >= 15 is 0 Å². The third-order valence-corrected chi connectivity index (χ3v) is 3.78. The minimum atomic E-state index is -4.33. The molecule has 0 aromatic heterocycles. The molecule has 1 saturated heterocycles. The summed E-state index contributed by atoms with van der Waals surface area (Å²) < 4.78 is 39.5. The zero-order valence-electron chi connectivity index (χ0n) is 10.6. The number of halogens is 4. The molecule has 1 heterocycles. The van der Waals surface area contributed by atoms with Crippen molar-refractivity contribution in [1.29, 1.82) is 0 Å². The molecule has 106 valence electrons. The SMILES string of the molecule is FC(F)(F)c1cc(CCl)ccc1N1CCCCCC1. The van der Waals surface area contributed by atoms with Gasteiger partial charge in [-0.25, -0.2) is 0 Å². The first-order valence-corrected chi connectivity index (χ1v) is 7.07. The molecule has 0 spiro atoms. The molecule has 5 heteroatoms. The molecule has 1 nitrogen and oxygen atoms in total. The highest BCUT2D eigenvalue weighted by Crippen LogP contribution is 2.38. The average Bonchev–Trinajstić information content (AvgIpc) is 2.65. The Labute approximate surface area is 116 Å². The van der Waals surface area contributed by atoms with E-state index < -0.39 is 11.7 Å². The van der Waals surface area contributed by atoms with Gasteiger partial charge in [-0.1, -0.05) is 18.9 Å². The van der Waals surface area contributed by atoms with Gasteiger partial charge in [-0.2, -0.15) is 13.2 Å². The first kappa shape index (κ1) is 14.5. The molecule has 19 heavy (non-hydrogen) atoms. The Bertz CT molecular complexity index is 423. The van der Waals surface area contributed by atoms with Gasteiger partial charge in [0.05, 0.1) is 5.56 Å². The van der Waals surface area contributed by atoms with Crippen LogP contribution in [0, 0.1) is 0 Å². The average molecular weight is 292 g/mol. The summed E-state index contributed by atoms with van der Waals surface area (Å²) in [7, 11) is 0.